The maximum atomic E-state index is 12.2. The lowest BCUT2D eigenvalue weighted by Gasteiger charge is -2.19. The zero-order valence-corrected chi connectivity index (χ0v) is 14.1. The van der Waals surface area contributed by atoms with Gasteiger partial charge < -0.3 is 5.32 Å². The first-order valence-corrected chi connectivity index (χ1v) is 8.64. The minimum Gasteiger partial charge on any atom is -0.326 e. The predicted octanol–water partition coefficient (Wildman–Crippen LogP) is 4.48. The van der Waals surface area contributed by atoms with Gasteiger partial charge in [0.2, 0.25) is 5.91 Å². The zero-order chi connectivity index (χ0) is 16.9. The molecular formula is C21H23NO2. The van der Waals surface area contributed by atoms with Crippen LogP contribution >= 0.6 is 0 Å². The van der Waals surface area contributed by atoms with Crippen molar-refractivity contribution in [2.24, 2.45) is 0 Å². The van der Waals surface area contributed by atoms with Crippen molar-refractivity contribution in [3.05, 3.63) is 64.7 Å². The monoisotopic (exact) mass is 321 g/mol. The van der Waals surface area contributed by atoms with E-state index in [-0.39, 0.29) is 24.5 Å². The molecule has 1 aliphatic rings. The summed E-state index contributed by atoms with van der Waals surface area (Å²) in [6.07, 6.45) is 4.96. The molecule has 3 nitrogen and oxygen atoms in total. The van der Waals surface area contributed by atoms with Crippen molar-refractivity contribution >= 4 is 17.4 Å². The summed E-state index contributed by atoms with van der Waals surface area (Å²) in [4.78, 5) is 24.4. The van der Waals surface area contributed by atoms with E-state index in [9.17, 15) is 9.59 Å². The third-order valence-electron chi connectivity index (χ3n) is 4.62. The quantitative estimate of drug-likeness (QED) is 0.826. The summed E-state index contributed by atoms with van der Waals surface area (Å²) in [6.45, 7) is 1.99. The van der Waals surface area contributed by atoms with Gasteiger partial charge in [-0.05, 0) is 49.8 Å². The summed E-state index contributed by atoms with van der Waals surface area (Å²) in [7, 11) is 0. The maximum Gasteiger partial charge on any atom is 0.224 e. The first-order valence-electron chi connectivity index (χ1n) is 8.64. The number of nitrogens with one attached hydrogen (secondary N) is 1. The van der Waals surface area contributed by atoms with E-state index in [1.165, 1.54) is 24.0 Å². The highest BCUT2D eigenvalue weighted by Crippen LogP contribution is 2.28. The molecule has 1 aliphatic carbocycles. The molecule has 3 rings (SSSR count). The second-order valence-electron chi connectivity index (χ2n) is 6.49. The Labute approximate surface area is 143 Å². The molecule has 0 aliphatic heterocycles. The number of anilines is 1. The molecule has 0 unspecified atom stereocenters. The first-order chi connectivity index (χ1) is 11.6. The summed E-state index contributed by atoms with van der Waals surface area (Å²) in [5.41, 5.74) is 5.32. The molecule has 0 saturated heterocycles. The van der Waals surface area contributed by atoms with Crippen LogP contribution in [0.4, 0.5) is 5.69 Å². The molecule has 24 heavy (non-hydrogen) atoms. The summed E-state index contributed by atoms with van der Waals surface area (Å²) < 4.78 is 0. The summed E-state index contributed by atoms with van der Waals surface area (Å²) in [5, 5.41) is 2.99. The van der Waals surface area contributed by atoms with Crippen molar-refractivity contribution in [2.45, 2.75) is 45.4 Å². The third kappa shape index (κ3) is 3.91. The van der Waals surface area contributed by atoms with E-state index in [1.54, 1.807) is 0 Å². The van der Waals surface area contributed by atoms with Gasteiger partial charge in [0.05, 0.1) is 0 Å². The van der Waals surface area contributed by atoms with Crippen molar-refractivity contribution in [1.29, 1.82) is 0 Å². The van der Waals surface area contributed by atoms with Crippen molar-refractivity contribution in [3.8, 4) is 0 Å². The Balaban J connectivity index is 1.58. The number of rotatable bonds is 5. The van der Waals surface area contributed by atoms with Crippen molar-refractivity contribution in [1.82, 2.24) is 0 Å². The molecule has 0 saturated carbocycles. The second-order valence-corrected chi connectivity index (χ2v) is 6.49. The molecule has 0 bridgehead atoms. The Morgan fingerprint density at radius 2 is 1.71 bits per heavy atom. The Kier molecular flexibility index (Phi) is 5.09. The number of Topliss-reactive ketones (excluding diaryl/α,β-unsaturated/α-hetero) is 1. The Morgan fingerprint density at radius 1 is 0.958 bits per heavy atom. The number of aryl methyl sites for hydroxylation is 2. The topological polar surface area (TPSA) is 46.2 Å². The molecule has 3 heteroatoms. The Morgan fingerprint density at radius 3 is 2.50 bits per heavy atom. The molecule has 0 spiro atoms. The number of hydrogen-bond donors (Lipinski definition) is 1. The molecule has 1 N–H and O–H groups in total. The smallest absolute Gasteiger partial charge is 0.224 e. The normalized spacial score (nSPS) is 13.2. The average Bonchev–Trinajstić information content (AvgIpc) is 2.61. The SMILES string of the molecule is Cc1ccc(C(=O)CCC(=O)Nc2cccc3c2CCCC3)cc1. The number of carbonyl (C=O) groups excluding carboxylic acids is 2. The van der Waals surface area contributed by atoms with Crippen LogP contribution in [0.1, 0.15) is 52.7 Å². The minimum absolute atomic E-state index is 0.0141. The first kappa shape index (κ1) is 16.4. The van der Waals surface area contributed by atoms with Crippen LogP contribution in [-0.4, -0.2) is 11.7 Å². The lowest BCUT2D eigenvalue weighted by Crippen LogP contribution is -2.16. The van der Waals surface area contributed by atoms with Gasteiger partial charge in [0.15, 0.2) is 5.78 Å². The van der Waals surface area contributed by atoms with Gasteiger partial charge in [-0.3, -0.25) is 9.59 Å². The van der Waals surface area contributed by atoms with Crippen LogP contribution in [0.5, 0.6) is 0 Å². The van der Waals surface area contributed by atoms with E-state index >= 15 is 0 Å². The molecule has 2 aromatic carbocycles. The zero-order valence-electron chi connectivity index (χ0n) is 14.1. The van der Waals surface area contributed by atoms with E-state index < -0.39 is 0 Å². The Hall–Kier alpha value is -2.42. The highest BCUT2D eigenvalue weighted by atomic mass is 16.2. The third-order valence-corrected chi connectivity index (χ3v) is 4.62. The van der Waals surface area contributed by atoms with Crippen LogP contribution < -0.4 is 5.32 Å². The van der Waals surface area contributed by atoms with Crippen LogP contribution in [0.15, 0.2) is 42.5 Å². The van der Waals surface area contributed by atoms with Crippen LogP contribution in [0, 0.1) is 6.92 Å². The highest BCUT2D eigenvalue weighted by Gasteiger charge is 2.15. The van der Waals surface area contributed by atoms with Crippen molar-refractivity contribution in [3.63, 3.8) is 0 Å². The van der Waals surface area contributed by atoms with Crippen LogP contribution in [0.2, 0.25) is 0 Å². The number of benzene rings is 2. The lowest BCUT2D eigenvalue weighted by atomic mass is 9.90. The van der Waals surface area contributed by atoms with E-state index in [0.29, 0.717) is 5.56 Å². The van der Waals surface area contributed by atoms with Crippen LogP contribution in [0.3, 0.4) is 0 Å². The molecule has 124 valence electrons. The molecule has 0 fully saturated rings. The molecule has 1 amide bonds. The number of amides is 1. The molecule has 0 radical (unpaired) electrons. The Bertz CT molecular complexity index is 747. The molecular weight excluding hydrogens is 298 g/mol. The second kappa shape index (κ2) is 7.43. The standard InChI is InChI=1S/C21H23NO2/c1-15-9-11-17(12-10-15)20(23)13-14-21(24)22-19-8-4-6-16-5-2-3-7-18(16)19/h4,6,8-12H,2-3,5,7,13-14H2,1H3,(H,22,24). The minimum atomic E-state index is -0.0885. The summed E-state index contributed by atoms with van der Waals surface area (Å²) >= 11 is 0. The largest absolute Gasteiger partial charge is 0.326 e. The number of hydrogen-bond acceptors (Lipinski definition) is 2. The van der Waals surface area contributed by atoms with Gasteiger partial charge in [0.25, 0.3) is 0 Å². The molecule has 0 aromatic heterocycles. The van der Waals surface area contributed by atoms with Crippen molar-refractivity contribution in [2.75, 3.05) is 5.32 Å². The number of fused-ring (bicyclic) bond motifs is 1. The van der Waals surface area contributed by atoms with Gasteiger partial charge in [-0.2, -0.15) is 0 Å². The summed E-state index contributed by atoms with van der Waals surface area (Å²) in [5.74, 6) is -0.0744. The van der Waals surface area contributed by atoms with Gasteiger partial charge in [0, 0.05) is 24.1 Å². The fourth-order valence-corrected chi connectivity index (χ4v) is 3.22. The molecule has 2 aromatic rings. The molecule has 0 atom stereocenters. The van der Waals surface area contributed by atoms with Gasteiger partial charge in [0.1, 0.15) is 0 Å². The van der Waals surface area contributed by atoms with Gasteiger partial charge >= 0.3 is 0 Å². The number of carbonyl (C=O) groups is 2. The van der Waals surface area contributed by atoms with Crippen LogP contribution in [-0.2, 0) is 17.6 Å². The lowest BCUT2D eigenvalue weighted by molar-refractivity contribution is -0.116. The van der Waals surface area contributed by atoms with E-state index in [4.69, 9.17) is 0 Å². The fourth-order valence-electron chi connectivity index (χ4n) is 3.22. The van der Waals surface area contributed by atoms with E-state index in [2.05, 4.69) is 11.4 Å². The highest BCUT2D eigenvalue weighted by molar-refractivity contribution is 6.00. The van der Waals surface area contributed by atoms with Gasteiger partial charge in [-0.25, -0.2) is 0 Å². The molecule has 0 heterocycles. The average molecular weight is 321 g/mol. The van der Waals surface area contributed by atoms with Crippen LogP contribution in [0.25, 0.3) is 0 Å². The van der Waals surface area contributed by atoms with E-state index in [1.807, 2.05) is 43.3 Å². The maximum absolute atomic E-state index is 12.2. The summed E-state index contributed by atoms with van der Waals surface area (Å²) in [6, 6.07) is 13.6. The predicted molar refractivity (Wildman–Crippen MR) is 96.5 cm³/mol. The van der Waals surface area contributed by atoms with Gasteiger partial charge in [-0.1, -0.05) is 42.0 Å². The fraction of sp³-hybridized carbons (Fsp3) is 0.333. The van der Waals surface area contributed by atoms with Crippen molar-refractivity contribution < 1.29 is 9.59 Å². The number of ketones is 1. The van der Waals surface area contributed by atoms with E-state index in [0.717, 1.165) is 24.1 Å². The van der Waals surface area contributed by atoms with Gasteiger partial charge in [-0.15, -0.1) is 0 Å².